The van der Waals surface area contributed by atoms with Crippen molar-refractivity contribution in [2.24, 2.45) is 5.92 Å². The van der Waals surface area contributed by atoms with Crippen LogP contribution in [-0.2, 0) is 6.54 Å². The van der Waals surface area contributed by atoms with Gasteiger partial charge in [-0.05, 0) is 24.6 Å². The number of aromatic nitrogens is 3. The number of benzene rings is 1. The zero-order valence-electron chi connectivity index (χ0n) is 11.2. The fourth-order valence-electron chi connectivity index (χ4n) is 1.79. The lowest BCUT2D eigenvalue weighted by atomic mass is 10.2. The van der Waals surface area contributed by atoms with E-state index in [9.17, 15) is 4.39 Å². The Morgan fingerprint density at radius 2 is 1.95 bits per heavy atom. The first-order valence-electron chi connectivity index (χ1n) is 6.24. The molecule has 0 fully saturated rings. The minimum absolute atomic E-state index is 0.200. The molecule has 1 heterocycles. The highest BCUT2D eigenvalue weighted by Gasteiger charge is 2.15. The average molecular weight is 317 g/mol. The van der Waals surface area contributed by atoms with E-state index in [0.717, 1.165) is 12.2 Å². The van der Waals surface area contributed by atoms with Gasteiger partial charge in [0.25, 0.3) is 0 Å². The molecule has 20 heavy (non-hydrogen) atoms. The Morgan fingerprint density at radius 1 is 1.30 bits per heavy atom. The Labute approximate surface area is 126 Å². The van der Waals surface area contributed by atoms with Gasteiger partial charge in [-0.25, -0.2) is 9.07 Å². The number of rotatable bonds is 5. The van der Waals surface area contributed by atoms with Gasteiger partial charge in [0.05, 0.1) is 21.9 Å². The summed E-state index contributed by atoms with van der Waals surface area (Å²) in [7, 11) is 0. The second kappa shape index (κ2) is 6.52. The van der Waals surface area contributed by atoms with Gasteiger partial charge in [0.1, 0.15) is 11.5 Å². The molecule has 1 aromatic heterocycles. The third-order valence-electron chi connectivity index (χ3n) is 2.67. The molecule has 0 amide bonds. The molecule has 0 unspecified atom stereocenters. The summed E-state index contributed by atoms with van der Waals surface area (Å²) in [5.74, 6) is 0.0562. The fourth-order valence-corrected chi connectivity index (χ4v) is 2.41. The summed E-state index contributed by atoms with van der Waals surface area (Å²) in [4.78, 5) is 0. The largest absolute Gasteiger partial charge is 0.311 e. The molecule has 108 valence electrons. The number of nitrogens with zero attached hydrogens (tertiary/aromatic N) is 3. The lowest BCUT2D eigenvalue weighted by Gasteiger charge is -2.11. The van der Waals surface area contributed by atoms with E-state index in [4.69, 9.17) is 23.2 Å². The third-order valence-corrected chi connectivity index (χ3v) is 3.25. The molecule has 1 N–H and O–H groups in total. The highest BCUT2D eigenvalue weighted by Crippen LogP contribution is 2.29. The molecule has 2 aromatic rings. The molecule has 0 spiro atoms. The summed E-state index contributed by atoms with van der Waals surface area (Å²) < 4.78 is 14.7. The lowest BCUT2D eigenvalue weighted by molar-refractivity contribution is 0.542. The van der Waals surface area contributed by atoms with Crippen LogP contribution in [0.1, 0.15) is 19.5 Å². The predicted molar refractivity (Wildman–Crippen MR) is 77.9 cm³/mol. The molecular formula is C13H15Cl2FN4. The normalized spacial score (nSPS) is 11.3. The quantitative estimate of drug-likeness (QED) is 0.918. The van der Waals surface area contributed by atoms with Crippen molar-refractivity contribution >= 4 is 23.2 Å². The monoisotopic (exact) mass is 316 g/mol. The van der Waals surface area contributed by atoms with Crippen LogP contribution in [0.3, 0.4) is 0 Å². The van der Waals surface area contributed by atoms with Gasteiger partial charge < -0.3 is 5.32 Å². The van der Waals surface area contributed by atoms with E-state index in [2.05, 4.69) is 29.5 Å². The number of halogens is 3. The van der Waals surface area contributed by atoms with Crippen molar-refractivity contribution in [3.05, 3.63) is 39.9 Å². The molecule has 0 bridgehead atoms. The third kappa shape index (κ3) is 3.48. The Hall–Kier alpha value is -1.17. The maximum absolute atomic E-state index is 13.2. The minimum Gasteiger partial charge on any atom is -0.311 e. The number of hydrogen-bond acceptors (Lipinski definition) is 3. The maximum atomic E-state index is 13.2. The second-order valence-corrected chi connectivity index (χ2v) is 5.69. The van der Waals surface area contributed by atoms with E-state index < -0.39 is 5.82 Å². The van der Waals surface area contributed by atoms with E-state index >= 15 is 0 Å². The van der Waals surface area contributed by atoms with Crippen LogP contribution in [0.2, 0.25) is 10.0 Å². The SMILES string of the molecule is CC(C)CNCc1cnnn1-c1c(Cl)cc(F)cc1Cl. The molecule has 0 aliphatic heterocycles. The highest BCUT2D eigenvalue weighted by atomic mass is 35.5. The lowest BCUT2D eigenvalue weighted by Crippen LogP contribution is -2.21. The van der Waals surface area contributed by atoms with Crippen molar-refractivity contribution in [1.82, 2.24) is 20.3 Å². The maximum Gasteiger partial charge on any atom is 0.126 e. The summed E-state index contributed by atoms with van der Waals surface area (Å²) in [5, 5.41) is 11.5. The van der Waals surface area contributed by atoms with Gasteiger partial charge in [-0.2, -0.15) is 0 Å². The van der Waals surface area contributed by atoms with E-state index in [1.54, 1.807) is 6.20 Å². The van der Waals surface area contributed by atoms with Crippen LogP contribution in [-0.4, -0.2) is 21.5 Å². The molecule has 0 saturated heterocycles. The Bertz CT molecular complexity index is 575. The second-order valence-electron chi connectivity index (χ2n) is 4.88. The summed E-state index contributed by atoms with van der Waals surface area (Å²) >= 11 is 12.1. The van der Waals surface area contributed by atoms with Crippen molar-refractivity contribution in [3.8, 4) is 5.69 Å². The van der Waals surface area contributed by atoms with Crippen molar-refractivity contribution in [1.29, 1.82) is 0 Å². The van der Waals surface area contributed by atoms with Crippen LogP contribution in [0, 0.1) is 11.7 Å². The summed E-state index contributed by atoms with van der Waals surface area (Å²) in [6.45, 7) is 5.69. The summed E-state index contributed by atoms with van der Waals surface area (Å²) in [6, 6.07) is 2.41. The Balaban J connectivity index is 2.28. The average Bonchev–Trinajstić information content (AvgIpc) is 2.75. The molecule has 0 radical (unpaired) electrons. The van der Waals surface area contributed by atoms with Crippen molar-refractivity contribution in [2.45, 2.75) is 20.4 Å². The van der Waals surface area contributed by atoms with E-state index in [0.29, 0.717) is 18.2 Å². The predicted octanol–water partition coefficient (Wildman–Crippen LogP) is 3.46. The van der Waals surface area contributed by atoms with E-state index in [-0.39, 0.29) is 10.0 Å². The van der Waals surface area contributed by atoms with Gasteiger partial charge in [-0.15, -0.1) is 5.10 Å². The van der Waals surface area contributed by atoms with Crippen LogP contribution in [0.15, 0.2) is 18.3 Å². The van der Waals surface area contributed by atoms with Crippen LogP contribution in [0.5, 0.6) is 0 Å². The zero-order chi connectivity index (χ0) is 14.7. The molecule has 2 rings (SSSR count). The molecule has 0 aliphatic rings. The number of nitrogens with one attached hydrogen (secondary N) is 1. The molecule has 1 aromatic carbocycles. The van der Waals surface area contributed by atoms with Gasteiger partial charge in [0.2, 0.25) is 0 Å². The topological polar surface area (TPSA) is 42.7 Å². The van der Waals surface area contributed by atoms with Gasteiger partial charge >= 0.3 is 0 Å². The summed E-state index contributed by atoms with van der Waals surface area (Å²) in [5.41, 5.74) is 1.25. The summed E-state index contributed by atoms with van der Waals surface area (Å²) in [6.07, 6.45) is 1.63. The van der Waals surface area contributed by atoms with Crippen LogP contribution in [0.4, 0.5) is 4.39 Å². The van der Waals surface area contributed by atoms with E-state index in [1.807, 2.05) is 0 Å². The Morgan fingerprint density at radius 3 is 2.55 bits per heavy atom. The zero-order valence-corrected chi connectivity index (χ0v) is 12.7. The van der Waals surface area contributed by atoms with E-state index in [1.165, 1.54) is 16.8 Å². The Kier molecular flexibility index (Phi) is 4.96. The first kappa shape index (κ1) is 15.2. The van der Waals surface area contributed by atoms with Crippen molar-refractivity contribution in [3.63, 3.8) is 0 Å². The first-order chi connectivity index (χ1) is 9.49. The molecular weight excluding hydrogens is 302 g/mol. The molecule has 7 heteroatoms. The number of hydrogen-bond donors (Lipinski definition) is 1. The van der Waals surface area contributed by atoms with Gasteiger partial charge in [0, 0.05) is 6.54 Å². The first-order valence-corrected chi connectivity index (χ1v) is 7.00. The van der Waals surface area contributed by atoms with Gasteiger partial charge in [-0.3, -0.25) is 0 Å². The van der Waals surface area contributed by atoms with Crippen molar-refractivity contribution < 1.29 is 4.39 Å². The standard InChI is InChI=1S/C13H15Cl2FN4/c1-8(2)5-17-6-10-7-18-19-20(10)13-11(14)3-9(16)4-12(13)15/h3-4,7-8,17H,5-6H2,1-2H3. The van der Waals surface area contributed by atoms with Crippen LogP contribution >= 0.6 is 23.2 Å². The fraction of sp³-hybridized carbons (Fsp3) is 0.385. The van der Waals surface area contributed by atoms with Crippen LogP contribution in [0.25, 0.3) is 5.69 Å². The highest BCUT2D eigenvalue weighted by molar-refractivity contribution is 6.37. The molecule has 0 saturated carbocycles. The van der Waals surface area contributed by atoms with Crippen molar-refractivity contribution in [2.75, 3.05) is 6.54 Å². The molecule has 4 nitrogen and oxygen atoms in total. The smallest absolute Gasteiger partial charge is 0.126 e. The van der Waals surface area contributed by atoms with Gasteiger partial charge in [0.15, 0.2) is 0 Å². The minimum atomic E-state index is -0.483. The van der Waals surface area contributed by atoms with Gasteiger partial charge in [-0.1, -0.05) is 42.3 Å². The molecule has 0 aliphatic carbocycles. The molecule has 0 atom stereocenters. The van der Waals surface area contributed by atoms with Crippen LogP contribution < -0.4 is 5.32 Å².